The molecule has 0 spiro atoms. The van der Waals surface area contributed by atoms with Crippen LogP contribution in [0.4, 0.5) is 13.2 Å². The Labute approximate surface area is 132 Å². The molecular weight excluding hydrogens is 307 g/mol. The number of nitrogens with zero attached hydrogens (tertiary/aromatic N) is 1. The van der Waals surface area contributed by atoms with Crippen LogP contribution in [-0.4, -0.2) is 23.4 Å². The minimum Gasteiger partial charge on any atom is -0.542 e. The van der Waals surface area contributed by atoms with Gasteiger partial charge in [-0.2, -0.15) is 13.2 Å². The van der Waals surface area contributed by atoms with Gasteiger partial charge >= 0.3 is 6.18 Å². The molecule has 0 heterocycles. The summed E-state index contributed by atoms with van der Waals surface area (Å²) < 4.78 is 33.6. The standard InChI is InChI=1S/C15H16N.C2HF3O2/c1-16(12-14-8-4-2-5-9-14)13-15-10-6-3-7-11-15;3-2(4,5)1(6)7/h2-11H,1,12-13H2;(H,6,7)/q+1;/p-1. The van der Waals surface area contributed by atoms with Gasteiger partial charge in [0.05, 0.1) is 0 Å². The topological polar surface area (TPSA) is 43.1 Å². The zero-order valence-corrected chi connectivity index (χ0v) is 12.3. The molecule has 2 aromatic rings. The maximum absolute atomic E-state index is 10.5. The summed E-state index contributed by atoms with van der Waals surface area (Å²) in [6.45, 7) is 5.83. The first-order valence-electron chi connectivity index (χ1n) is 6.70. The zero-order chi connectivity index (χ0) is 17.3. The molecule has 0 fully saturated rings. The molecule has 23 heavy (non-hydrogen) atoms. The minimum absolute atomic E-state index is 0.885. The van der Waals surface area contributed by atoms with Gasteiger partial charge in [-0.25, -0.2) is 4.58 Å². The first-order valence-corrected chi connectivity index (χ1v) is 6.70. The van der Waals surface area contributed by atoms with E-state index in [9.17, 15) is 13.2 Å². The number of carbonyl (C=O) groups is 1. The fourth-order valence-electron chi connectivity index (χ4n) is 1.74. The lowest BCUT2D eigenvalue weighted by Crippen LogP contribution is -2.37. The van der Waals surface area contributed by atoms with Gasteiger partial charge in [0.1, 0.15) is 12.7 Å². The van der Waals surface area contributed by atoms with E-state index in [4.69, 9.17) is 9.90 Å². The average molecular weight is 323 g/mol. The van der Waals surface area contributed by atoms with E-state index in [1.54, 1.807) is 0 Å². The van der Waals surface area contributed by atoms with Crippen LogP contribution in [-0.2, 0) is 17.9 Å². The Morgan fingerprint density at radius 1 is 0.913 bits per heavy atom. The SMILES string of the molecule is C=[N+](Cc1ccccc1)Cc1ccccc1.O=C([O-])C(F)(F)F. The second-order valence-corrected chi connectivity index (χ2v) is 4.74. The first-order chi connectivity index (χ1) is 10.8. The van der Waals surface area contributed by atoms with Crippen molar-refractivity contribution >= 4 is 12.7 Å². The summed E-state index contributed by atoms with van der Waals surface area (Å²) in [6, 6.07) is 20.8. The lowest BCUT2D eigenvalue weighted by atomic mass is 10.2. The number of hydrogen-bond acceptors (Lipinski definition) is 2. The highest BCUT2D eigenvalue weighted by Gasteiger charge is 2.28. The molecule has 0 saturated heterocycles. The molecule has 0 N–H and O–H groups in total. The van der Waals surface area contributed by atoms with Crippen LogP contribution >= 0.6 is 0 Å². The van der Waals surface area contributed by atoms with Gasteiger partial charge in [-0.3, -0.25) is 0 Å². The summed E-state index contributed by atoms with van der Waals surface area (Å²) in [7, 11) is 0. The van der Waals surface area contributed by atoms with Crippen LogP contribution in [0.2, 0.25) is 0 Å². The number of carboxylic acid groups (broad SMARTS) is 1. The predicted octanol–water partition coefficient (Wildman–Crippen LogP) is 2.40. The van der Waals surface area contributed by atoms with Crippen molar-refractivity contribution in [1.29, 1.82) is 0 Å². The van der Waals surface area contributed by atoms with Crippen molar-refractivity contribution in [2.45, 2.75) is 19.3 Å². The monoisotopic (exact) mass is 323 g/mol. The van der Waals surface area contributed by atoms with Crippen molar-refractivity contribution in [2.75, 3.05) is 0 Å². The second-order valence-electron chi connectivity index (χ2n) is 4.74. The van der Waals surface area contributed by atoms with Gasteiger partial charge in [0, 0.05) is 11.1 Å². The third-order valence-electron chi connectivity index (χ3n) is 2.73. The highest BCUT2D eigenvalue weighted by atomic mass is 19.4. The number of aliphatic carboxylic acids is 1. The zero-order valence-electron chi connectivity index (χ0n) is 12.3. The molecule has 0 aromatic heterocycles. The lowest BCUT2D eigenvalue weighted by Gasteiger charge is -2.03. The van der Waals surface area contributed by atoms with E-state index in [-0.39, 0.29) is 0 Å². The van der Waals surface area contributed by atoms with Crippen molar-refractivity contribution < 1.29 is 27.6 Å². The van der Waals surface area contributed by atoms with Gasteiger partial charge in [-0.1, -0.05) is 60.7 Å². The molecule has 0 saturated carbocycles. The van der Waals surface area contributed by atoms with Gasteiger partial charge in [-0.05, 0) is 0 Å². The van der Waals surface area contributed by atoms with E-state index >= 15 is 0 Å². The molecule has 0 atom stereocenters. The summed E-state index contributed by atoms with van der Waals surface area (Å²) in [5, 5.41) is 8.78. The van der Waals surface area contributed by atoms with Crippen molar-refractivity contribution in [3.05, 3.63) is 71.8 Å². The van der Waals surface area contributed by atoms with Gasteiger partial charge < -0.3 is 9.90 Å². The van der Waals surface area contributed by atoms with Crippen LogP contribution in [0.1, 0.15) is 11.1 Å². The Morgan fingerprint density at radius 3 is 1.48 bits per heavy atom. The Morgan fingerprint density at radius 2 is 1.22 bits per heavy atom. The number of halogens is 3. The van der Waals surface area contributed by atoms with E-state index in [0.29, 0.717) is 0 Å². The van der Waals surface area contributed by atoms with E-state index in [1.807, 2.05) is 12.1 Å². The average Bonchev–Trinajstić information content (AvgIpc) is 2.48. The molecule has 0 radical (unpaired) electrons. The quantitative estimate of drug-likeness (QED) is 0.640. The summed E-state index contributed by atoms with van der Waals surface area (Å²) in [5.41, 5.74) is 2.60. The summed E-state index contributed by atoms with van der Waals surface area (Å²) >= 11 is 0. The van der Waals surface area contributed by atoms with E-state index in [0.717, 1.165) is 13.1 Å². The van der Waals surface area contributed by atoms with E-state index in [1.165, 1.54) is 11.1 Å². The van der Waals surface area contributed by atoms with Crippen molar-refractivity contribution in [3.8, 4) is 0 Å². The Bertz CT molecular complexity index is 582. The Balaban J connectivity index is 0.000000322. The molecule has 3 nitrogen and oxygen atoms in total. The minimum atomic E-state index is -5.19. The molecule has 0 amide bonds. The lowest BCUT2D eigenvalue weighted by molar-refractivity contribution is -0.551. The second kappa shape index (κ2) is 8.73. The van der Waals surface area contributed by atoms with E-state index < -0.39 is 12.1 Å². The van der Waals surface area contributed by atoms with Crippen molar-refractivity contribution in [3.63, 3.8) is 0 Å². The Hall–Kier alpha value is -2.63. The largest absolute Gasteiger partial charge is 0.542 e. The number of carboxylic acids is 1. The summed E-state index contributed by atoms with van der Waals surface area (Å²) in [6.07, 6.45) is -5.19. The van der Waals surface area contributed by atoms with Gasteiger partial charge in [-0.15, -0.1) is 0 Å². The summed E-state index contributed by atoms with van der Waals surface area (Å²) in [4.78, 5) is 8.78. The normalized spacial score (nSPS) is 10.4. The van der Waals surface area contributed by atoms with Crippen LogP contribution in [0.25, 0.3) is 0 Å². The molecule has 0 aliphatic rings. The molecule has 122 valence electrons. The van der Waals surface area contributed by atoms with Crippen LogP contribution < -0.4 is 5.11 Å². The Kier molecular flexibility index (Phi) is 6.99. The molecule has 6 heteroatoms. The number of hydrogen-bond donors (Lipinski definition) is 0. The fraction of sp³-hybridized carbons (Fsp3) is 0.176. The van der Waals surface area contributed by atoms with Crippen LogP contribution in [0.5, 0.6) is 0 Å². The van der Waals surface area contributed by atoms with Gasteiger partial charge in [0.2, 0.25) is 0 Å². The number of rotatable bonds is 4. The number of alkyl halides is 3. The van der Waals surface area contributed by atoms with Crippen molar-refractivity contribution in [2.24, 2.45) is 0 Å². The fourth-order valence-corrected chi connectivity index (χ4v) is 1.74. The third-order valence-corrected chi connectivity index (χ3v) is 2.73. The first kappa shape index (κ1) is 18.4. The van der Waals surface area contributed by atoms with Gasteiger partial charge in [0.25, 0.3) is 0 Å². The molecule has 0 bridgehead atoms. The smallest absolute Gasteiger partial charge is 0.430 e. The summed E-state index contributed by atoms with van der Waals surface area (Å²) in [5.74, 6) is -3.01. The molecular formula is C17H16F3NO2. The molecule has 0 unspecified atom stereocenters. The molecule has 0 aliphatic heterocycles. The van der Waals surface area contributed by atoms with Gasteiger partial charge in [0.15, 0.2) is 13.1 Å². The predicted molar refractivity (Wildman–Crippen MR) is 78.7 cm³/mol. The molecule has 2 aromatic carbocycles. The highest BCUT2D eigenvalue weighted by Crippen LogP contribution is 2.11. The third kappa shape index (κ3) is 7.80. The van der Waals surface area contributed by atoms with E-state index in [2.05, 4.69) is 59.8 Å². The van der Waals surface area contributed by atoms with Crippen molar-refractivity contribution in [1.82, 2.24) is 0 Å². The molecule has 0 aliphatic carbocycles. The highest BCUT2D eigenvalue weighted by molar-refractivity contribution is 5.70. The maximum atomic E-state index is 10.5. The number of carbonyl (C=O) groups excluding carboxylic acids is 1. The molecule has 2 rings (SSSR count). The van der Waals surface area contributed by atoms with Crippen LogP contribution in [0.3, 0.4) is 0 Å². The number of benzene rings is 2. The van der Waals surface area contributed by atoms with Crippen LogP contribution in [0.15, 0.2) is 60.7 Å². The van der Waals surface area contributed by atoms with Crippen LogP contribution in [0, 0.1) is 0 Å². The maximum Gasteiger partial charge on any atom is 0.430 e.